The lowest BCUT2D eigenvalue weighted by molar-refractivity contribution is 0.0748. The maximum Gasteiger partial charge on any atom is 0.167 e. The summed E-state index contributed by atoms with van der Waals surface area (Å²) in [5.41, 5.74) is -0.390. The standard InChI is InChI=1S/C12H18O4/c1-12(2,13)9-6-8(14-3)7-10(15-4)11(9)16-5/h6-7,13H,1-5H3. The highest BCUT2D eigenvalue weighted by atomic mass is 16.5. The van der Waals surface area contributed by atoms with Gasteiger partial charge in [-0.05, 0) is 19.9 Å². The monoisotopic (exact) mass is 226 g/mol. The Kier molecular flexibility index (Phi) is 3.65. The summed E-state index contributed by atoms with van der Waals surface area (Å²) in [5.74, 6) is 1.68. The molecule has 1 N–H and O–H groups in total. The van der Waals surface area contributed by atoms with Crippen molar-refractivity contribution in [2.45, 2.75) is 19.4 Å². The average Bonchev–Trinajstić information content (AvgIpc) is 2.25. The quantitative estimate of drug-likeness (QED) is 0.852. The van der Waals surface area contributed by atoms with Gasteiger partial charge in [0.1, 0.15) is 5.75 Å². The summed E-state index contributed by atoms with van der Waals surface area (Å²) in [6, 6.07) is 3.45. The molecule has 0 bridgehead atoms. The summed E-state index contributed by atoms with van der Waals surface area (Å²) in [7, 11) is 4.65. The van der Waals surface area contributed by atoms with Gasteiger partial charge in [-0.15, -0.1) is 0 Å². The Bertz CT molecular complexity index is 366. The molecule has 0 aromatic heterocycles. The van der Waals surface area contributed by atoms with Crippen LogP contribution in [0.1, 0.15) is 19.4 Å². The Hall–Kier alpha value is -1.42. The first-order chi connectivity index (χ1) is 7.43. The number of hydrogen-bond donors (Lipinski definition) is 1. The van der Waals surface area contributed by atoms with E-state index in [1.807, 2.05) is 0 Å². The number of aliphatic hydroxyl groups is 1. The number of rotatable bonds is 4. The van der Waals surface area contributed by atoms with Gasteiger partial charge in [-0.1, -0.05) is 0 Å². The third-order valence-electron chi connectivity index (χ3n) is 2.35. The van der Waals surface area contributed by atoms with Crippen molar-refractivity contribution in [2.75, 3.05) is 21.3 Å². The lowest BCUT2D eigenvalue weighted by Gasteiger charge is -2.23. The second kappa shape index (κ2) is 4.61. The molecule has 0 saturated carbocycles. The molecule has 1 aromatic rings. The highest BCUT2D eigenvalue weighted by Crippen LogP contribution is 2.40. The summed E-state index contributed by atoms with van der Waals surface area (Å²) in [4.78, 5) is 0. The van der Waals surface area contributed by atoms with Crippen molar-refractivity contribution in [3.63, 3.8) is 0 Å². The van der Waals surface area contributed by atoms with Crippen LogP contribution in [-0.2, 0) is 5.60 Å². The topological polar surface area (TPSA) is 47.9 Å². The zero-order valence-corrected chi connectivity index (χ0v) is 10.3. The molecule has 0 radical (unpaired) electrons. The fourth-order valence-corrected chi connectivity index (χ4v) is 1.51. The van der Waals surface area contributed by atoms with Crippen LogP contribution in [0.2, 0.25) is 0 Å². The van der Waals surface area contributed by atoms with Crippen molar-refractivity contribution in [1.29, 1.82) is 0 Å². The molecule has 0 amide bonds. The molecule has 1 rings (SSSR count). The molecule has 90 valence electrons. The molecule has 0 aliphatic carbocycles. The van der Waals surface area contributed by atoms with Crippen LogP contribution in [0, 0.1) is 0 Å². The van der Waals surface area contributed by atoms with Gasteiger partial charge in [0.15, 0.2) is 11.5 Å². The molecule has 0 aliphatic heterocycles. The van der Waals surface area contributed by atoms with E-state index in [0.717, 1.165) is 0 Å². The Balaban J connectivity index is 3.43. The largest absolute Gasteiger partial charge is 0.497 e. The number of methoxy groups -OCH3 is 3. The Morgan fingerprint density at radius 3 is 2.00 bits per heavy atom. The van der Waals surface area contributed by atoms with E-state index in [9.17, 15) is 5.11 Å². The van der Waals surface area contributed by atoms with E-state index in [1.165, 1.54) is 0 Å². The zero-order valence-electron chi connectivity index (χ0n) is 10.3. The van der Waals surface area contributed by atoms with Crippen molar-refractivity contribution in [3.05, 3.63) is 17.7 Å². The van der Waals surface area contributed by atoms with Crippen LogP contribution in [0.25, 0.3) is 0 Å². The van der Waals surface area contributed by atoms with Crippen molar-refractivity contribution in [2.24, 2.45) is 0 Å². The third-order valence-corrected chi connectivity index (χ3v) is 2.35. The van der Waals surface area contributed by atoms with Gasteiger partial charge in [-0.3, -0.25) is 0 Å². The lowest BCUT2D eigenvalue weighted by Crippen LogP contribution is -2.17. The molecule has 0 spiro atoms. The minimum Gasteiger partial charge on any atom is -0.497 e. The summed E-state index contributed by atoms with van der Waals surface area (Å²) in [5, 5.41) is 10.0. The van der Waals surface area contributed by atoms with Crippen LogP contribution in [0.4, 0.5) is 0 Å². The molecule has 16 heavy (non-hydrogen) atoms. The van der Waals surface area contributed by atoms with Gasteiger partial charge in [-0.25, -0.2) is 0 Å². The predicted octanol–water partition coefficient (Wildman–Crippen LogP) is 1.94. The SMILES string of the molecule is COc1cc(OC)c(OC)c(C(C)(C)O)c1. The van der Waals surface area contributed by atoms with Crippen LogP contribution in [0.5, 0.6) is 17.2 Å². The highest BCUT2D eigenvalue weighted by molar-refractivity contribution is 5.53. The fraction of sp³-hybridized carbons (Fsp3) is 0.500. The van der Waals surface area contributed by atoms with E-state index < -0.39 is 5.60 Å². The fourth-order valence-electron chi connectivity index (χ4n) is 1.51. The van der Waals surface area contributed by atoms with Crippen LogP contribution in [-0.4, -0.2) is 26.4 Å². The van der Waals surface area contributed by atoms with Crippen LogP contribution < -0.4 is 14.2 Å². The molecule has 4 heteroatoms. The van der Waals surface area contributed by atoms with E-state index >= 15 is 0 Å². The second-order valence-electron chi connectivity index (χ2n) is 3.97. The van der Waals surface area contributed by atoms with E-state index in [0.29, 0.717) is 22.8 Å². The first kappa shape index (κ1) is 12.6. The number of hydrogen-bond acceptors (Lipinski definition) is 4. The van der Waals surface area contributed by atoms with Crippen LogP contribution in [0.3, 0.4) is 0 Å². The lowest BCUT2D eigenvalue weighted by atomic mass is 9.96. The first-order valence-electron chi connectivity index (χ1n) is 4.97. The molecule has 0 atom stereocenters. The molecule has 0 fully saturated rings. The molecule has 0 unspecified atom stereocenters. The van der Waals surface area contributed by atoms with Crippen molar-refractivity contribution >= 4 is 0 Å². The van der Waals surface area contributed by atoms with E-state index in [1.54, 1.807) is 47.3 Å². The summed E-state index contributed by atoms with van der Waals surface area (Å²) >= 11 is 0. The molecular weight excluding hydrogens is 208 g/mol. The Labute approximate surface area is 95.8 Å². The summed E-state index contributed by atoms with van der Waals surface area (Å²) in [6.07, 6.45) is 0. The molecular formula is C12H18O4. The molecule has 0 heterocycles. The second-order valence-corrected chi connectivity index (χ2v) is 3.97. The Morgan fingerprint density at radius 2 is 1.62 bits per heavy atom. The van der Waals surface area contributed by atoms with Crippen molar-refractivity contribution in [1.82, 2.24) is 0 Å². The highest BCUT2D eigenvalue weighted by Gasteiger charge is 2.25. The predicted molar refractivity (Wildman–Crippen MR) is 61.3 cm³/mol. The van der Waals surface area contributed by atoms with Crippen LogP contribution >= 0.6 is 0 Å². The number of benzene rings is 1. The minimum atomic E-state index is -1.02. The van der Waals surface area contributed by atoms with Crippen molar-refractivity contribution in [3.8, 4) is 17.2 Å². The van der Waals surface area contributed by atoms with Gasteiger partial charge in [0.05, 0.1) is 26.9 Å². The normalized spacial score (nSPS) is 11.1. The molecule has 0 aliphatic rings. The number of ether oxygens (including phenoxy) is 3. The van der Waals surface area contributed by atoms with Gasteiger partial charge in [0.2, 0.25) is 0 Å². The van der Waals surface area contributed by atoms with Gasteiger partial charge in [0.25, 0.3) is 0 Å². The maximum absolute atomic E-state index is 10.0. The summed E-state index contributed by atoms with van der Waals surface area (Å²) < 4.78 is 15.6. The molecule has 4 nitrogen and oxygen atoms in total. The zero-order chi connectivity index (χ0) is 12.3. The Morgan fingerprint density at radius 1 is 1.00 bits per heavy atom. The first-order valence-corrected chi connectivity index (χ1v) is 4.97. The average molecular weight is 226 g/mol. The van der Waals surface area contributed by atoms with Gasteiger partial charge in [-0.2, -0.15) is 0 Å². The van der Waals surface area contributed by atoms with Gasteiger partial charge < -0.3 is 19.3 Å². The van der Waals surface area contributed by atoms with Gasteiger partial charge in [0, 0.05) is 11.6 Å². The van der Waals surface area contributed by atoms with E-state index in [2.05, 4.69) is 0 Å². The molecule has 1 aromatic carbocycles. The maximum atomic E-state index is 10.0. The summed E-state index contributed by atoms with van der Waals surface area (Å²) in [6.45, 7) is 3.37. The third kappa shape index (κ3) is 2.39. The van der Waals surface area contributed by atoms with Gasteiger partial charge >= 0.3 is 0 Å². The van der Waals surface area contributed by atoms with Crippen LogP contribution in [0.15, 0.2) is 12.1 Å². The smallest absolute Gasteiger partial charge is 0.167 e. The van der Waals surface area contributed by atoms with E-state index in [4.69, 9.17) is 14.2 Å². The van der Waals surface area contributed by atoms with Crippen molar-refractivity contribution < 1.29 is 19.3 Å². The van der Waals surface area contributed by atoms with E-state index in [-0.39, 0.29) is 0 Å². The molecule has 0 saturated heterocycles. The minimum absolute atomic E-state index is 0.524.